The number of hydrogen-bond acceptors (Lipinski definition) is 5. The van der Waals surface area contributed by atoms with E-state index in [0.29, 0.717) is 6.61 Å². The van der Waals surface area contributed by atoms with E-state index in [4.69, 9.17) is 4.74 Å². The highest BCUT2D eigenvalue weighted by Gasteiger charge is 2.29. The Morgan fingerprint density at radius 1 is 0.735 bits per heavy atom. The maximum Gasteiger partial charge on any atom is 0.342 e. The largest absolute Gasteiger partial charge is 0.494 e. The van der Waals surface area contributed by atoms with Gasteiger partial charge < -0.3 is 14.9 Å². The van der Waals surface area contributed by atoms with Crippen molar-refractivity contribution in [1.82, 2.24) is 0 Å². The van der Waals surface area contributed by atoms with Gasteiger partial charge in [0.25, 0.3) is 5.69 Å². The zero-order chi connectivity index (χ0) is 25.2. The number of ether oxygens (including phenoxy) is 1. The molecule has 0 aliphatic rings. The first kappa shape index (κ1) is 29.4. The van der Waals surface area contributed by atoms with Gasteiger partial charge in [0.05, 0.1) is 11.5 Å². The summed E-state index contributed by atoms with van der Waals surface area (Å²) in [4.78, 5) is 32.8. The van der Waals surface area contributed by atoms with E-state index < -0.39 is 33.7 Å². The Kier molecular flexibility index (Phi) is 15.4. The molecule has 1 rings (SSSR count). The molecule has 1 aromatic rings. The second kappa shape index (κ2) is 17.8. The van der Waals surface area contributed by atoms with E-state index in [2.05, 4.69) is 6.92 Å². The van der Waals surface area contributed by atoms with Crippen molar-refractivity contribution < 1.29 is 29.5 Å². The topological polar surface area (TPSA) is 127 Å². The van der Waals surface area contributed by atoms with E-state index in [1.54, 1.807) is 0 Å². The molecule has 0 aliphatic heterocycles. The van der Waals surface area contributed by atoms with Crippen molar-refractivity contribution in [3.63, 3.8) is 0 Å². The lowest BCUT2D eigenvalue weighted by molar-refractivity contribution is -0.385. The monoisotopic (exact) mass is 479 g/mol. The Morgan fingerprint density at radius 3 is 1.41 bits per heavy atom. The molecule has 0 fully saturated rings. The SMILES string of the molecule is CCCCCCCCCCCCCCCCCCOc1cc(C(=O)O)c([N+](=O)[O-])c(C(=O)O)c1. The molecule has 0 radical (unpaired) electrons. The van der Waals surface area contributed by atoms with E-state index in [1.807, 2.05) is 0 Å². The van der Waals surface area contributed by atoms with Crippen LogP contribution in [0.5, 0.6) is 5.75 Å². The van der Waals surface area contributed by atoms with Crippen molar-refractivity contribution in [3.05, 3.63) is 33.4 Å². The standard InChI is InChI=1S/C26H41NO7/c1-2-3-4-5-6-7-8-9-10-11-12-13-14-15-16-17-18-34-21-19-22(25(28)29)24(27(32)33)23(20-21)26(30)31/h19-20H,2-18H2,1H3,(H,28,29)(H,30,31). The summed E-state index contributed by atoms with van der Waals surface area (Å²) in [7, 11) is 0. The van der Waals surface area contributed by atoms with Gasteiger partial charge in [-0.3, -0.25) is 10.1 Å². The van der Waals surface area contributed by atoms with Crippen LogP contribution in [0, 0.1) is 10.1 Å². The van der Waals surface area contributed by atoms with Gasteiger partial charge in [-0.2, -0.15) is 0 Å². The van der Waals surface area contributed by atoms with Crippen molar-refractivity contribution in [3.8, 4) is 5.75 Å². The number of carbonyl (C=O) groups is 2. The van der Waals surface area contributed by atoms with Gasteiger partial charge in [0.2, 0.25) is 0 Å². The molecule has 34 heavy (non-hydrogen) atoms. The van der Waals surface area contributed by atoms with Crippen molar-refractivity contribution >= 4 is 17.6 Å². The van der Waals surface area contributed by atoms with Crippen LogP contribution in [-0.2, 0) is 0 Å². The van der Waals surface area contributed by atoms with Crippen LogP contribution in [0.15, 0.2) is 12.1 Å². The molecule has 0 saturated carbocycles. The lowest BCUT2D eigenvalue weighted by atomic mass is 10.0. The van der Waals surface area contributed by atoms with E-state index in [0.717, 1.165) is 31.4 Å². The van der Waals surface area contributed by atoms with Crippen LogP contribution in [0.4, 0.5) is 5.69 Å². The molecule has 0 aromatic heterocycles. The average molecular weight is 480 g/mol. The van der Waals surface area contributed by atoms with Gasteiger partial charge in [0.15, 0.2) is 0 Å². The lowest BCUT2D eigenvalue weighted by Crippen LogP contribution is -2.10. The Morgan fingerprint density at radius 2 is 1.09 bits per heavy atom. The summed E-state index contributed by atoms with van der Waals surface area (Å²) >= 11 is 0. The summed E-state index contributed by atoms with van der Waals surface area (Å²) in [5, 5.41) is 29.6. The van der Waals surface area contributed by atoms with Gasteiger partial charge in [-0.25, -0.2) is 9.59 Å². The summed E-state index contributed by atoms with van der Waals surface area (Å²) in [6.45, 7) is 2.55. The number of nitro groups is 1. The Bertz CT molecular complexity index is 729. The van der Waals surface area contributed by atoms with Crippen LogP contribution in [-0.4, -0.2) is 33.7 Å². The van der Waals surface area contributed by atoms with E-state index in [1.165, 1.54) is 83.5 Å². The predicted octanol–water partition coefficient (Wildman–Crippen LogP) is 7.63. The molecule has 0 atom stereocenters. The third-order valence-electron chi connectivity index (χ3n) is 5.99. The molecule has 0 unspecified atom stereocenters. The highest BCUT2D eigenvalue weighted by Crippen LogP contribution is 2.30. The van der Waals surface area contributed by atoms with Crippen molar-refractivity contribution in [2.24, 2.45) is 0 Å². The molecular formula is C26H41NO7. The van der Waals surface area contributed by atoms with Crippen LogP contribution in [0.25, 0.3) is 0 Å². The molecule has 0 amide bonds. The van der Waals surface area contributed by atoms with Crippen molar-refractivity contribution in [2.45, 2.75) is 110 Å². The normalized spacial score (nSPS) is 10.9. The first-order valence-corrected chi connectivity index (χ1v) is 12.8. The number of carboxylic acids is 2. The molecule has 0 bridgehead atoms. The average Bonchev–Trinajstić information content (AvgIpc) is 2.80. The van der Waals surface area contributed by atoms with Crippen LogP contribution in [0.2, 0.25) is 0 Å². The maximum absolute atomic E-state index is 11.3. The van der Waals surface area contributed by atoms with Gasteiger partial charge in [0.1, 0.15) is 16.9 Å². The third-order valence-corrected chi connectivity index (χ3v) is 5.99. The molecule has 0 heterocycles. The number of unbranched alkanes of at least 4 members (excludes halogenated alkanes) is 15. The number of nitro benzene ring substituents is 1. The van der Waals surface area contributed by atoms with Crippen molar-refractivity contribution in [1.29, 1.82) is 0 Å². The highest BCUT2D eigenvalue weighted by molar-refractivity contribution is 6.01. The summed E-state index contributed by atoms with van der Waals surface area (Å²) in [6, 6.07) is 2.03. The molecule has 1 aromatic carbocycles. The molecule has 0 aliphatic carbocycles. The lowest BCUT2D eigenvalue weighted by Gasteiger charge is -2.09. The first-order valence-electron chi connectivity index (χ1n) is 12.8. The molecule has 2 N–H and O–H groups in total. The fourth-order valence-electron chi connectivity index (χ4n) is 4.05. The number of nitrogens with zero attached hydrogens (tertiary/aromatic N) is 1. The van der Waals surface area contributed by atoms with E-state index in [9.17, 15) is 29.9 Å². The fourth-order valence-corrected chi connectivity index (χ4v) is 4.05. The van der Waals surface area contributed by atoms with Crippen LogP contribution in [0.1, 0.15) is 130 Å². The fraction of sp³-hybridized carbons (Fsp3) is 0.692. The molecule has 8 nitrogen and oxygen atoms in total. The number of carboxylic acid groups (broad SMARTS) is 2. The summed E-state index contributed by atoms with van der Waals surface area (Å²) in [5.41, 5.74) is -2.31. The summed E-state index contributed by atoms with van der Waals surface area (Å²) in [6.07, 6.45) is 20.0. The minimum Gasteiger partial charge on any atom is -0.494 e. The van der Waals surface area contributed by atoms with Gasteiger partial charge in [-0.15, -0.1) is 0 Å². The predicted molar refractivity (Wildman–Crippen MR) is 132 cm³/mol. The molecule has 0 spiro atoms. The summed E-state index contributed by atoms with van der Waals surface area (Å²) < 4.78 is 5.49. The Hall–Kier alpha value is -2.64. The Labute approximate surface area is 202 Å². The van der Waals surface area contributed by atoms with Crippen LogP contribution >= 0.6 is 0 Å². The van der Waals surface area contributed by atoms with Gasteiger partial charge in [0, 0.05) is 12.1 Å². The van der Waals surface area contributed by atoms with Crippen LogP contribution < -0.4 is 4.74 Å². The number of aromatic carboxylic acids is 2. The second-order valence-corrected chi connectivity index (χ2v) is 8.89. The number of benzene rings is 1. The van der Waals surface area contributed by atoms with E-state index >= 15 is 0 Å². The zero-order valence-electron chi connectivity index (χ0n) is 20.6. The van der Waals surface area contributed by atoms with Gasteiger partial charge >= 0.3 is 11.9 Å². The quantitative estimate of drug-likeness (QED) is 0.105. The third kappa shape index (κ3) is 12.0. The highest BCUT2D eigenvalue weighted by atomic mass is 16.6. The Balaban J connectivity index is 2.15. The number of hydrogen-bond donors (Lipinski definition) is 2. The smallest absolute Gasteiger partial charge is 0.342 e. The van der Waals surface area contributed by atoms with Crippen molar-refractivity contribution in [2.75, 3.05) is 6.61 Å². The second-order valence-electron chi connectivity index (χ2n) is 8.89. The van der Waals surface area contributed by atoms with Gasteiger partial charge in [-0.05, 0) is 6.42 Å². The molecule has 192 valence electrons. The summed E-state index contributed by atoms with van der Waals surface area (Å²) in [5.74, 6) is -3.12. The first-order chi connectivity index (χ1) is 16.4. The number of rotatable bonds is 21. The zero-order valence-corrected chi connectivity index (χ0v) is 20.6. The van der Waals surface area contributed by atoms with E-state index in [-0.39, 0.29) is 5.75 Å². The molecular weight excluding hydrogens is 438 g/mol. The van der Waals surface area contributed by atoms with Crippen LogP contribution in [0.3, 0.4) is 0 Å². The molecule has 0 saturated heterocycles. The van der Waals surface area contributed by atoms with Gasteiger partial charge in [-0.1, -0.05) is 103 Å². The minimum absolute atomic E-state index is 0.0151. The maximum atomic E-state index is 11.3. The minimum atomic E-state index is -1.57. The molecule has 8 heteroatoms.